The highest BCUT2D eigenvalue weighted by molar-refractivity contribution is 5.97. The number of carbonyl (C=O) groups is 2. The third-order valence-electron chi connectivity index (χ3n) is 5.32. The van der Waals surface area contributed by atoms with Crippen LogP contribution in [0.15, 0.2) is 24.3 Å². The second-order valence-corrected chi connectivity index (χ2v) is 7.03. The summed E-state index contributed by atoms with van der Waals surface area (Å²) in [6.07, 6.45) is 3.27. The quantitative estimate of drug-likeness (QED) is 0.847. The fraction of sp³-hybridized carbons (Fsp3) is 0.579. The van der Waals surface area contributed by atoms with Gasteiger partial charge in [0.05, 0.1) is 11.5 Å². The van der Waals surface area contributed by atoms with Crippen LogP contribution < -0.4 is 10.5 Å². The lowest BCUT2D eigenvalue weighted by Gasteiger charge is -2.35. The van der Waals surface area contributed by atoms with E-state index in [1.807, 2.05) is 4.90 Å². The highest BCUT2D eigenvalue weighted by Gasteiger charge is 2.36. The first-order chi connectivity index (χ1) is 13.0. The smallest absolute Gasteiger partial charge is 0.387 e. The molecule has 2 unspecified atom stereocenters. The molecule has 1 aromatic carbocycles. The van der Waals surface area contributed by atoms with Crippen LogP contribution in [0.5, 0.6) is 5.75 Å². The number of rotatable bonds is 5. The van der Waals surface area contributed by atoms with E-state index in [0.717, 1.165) is 12.8 Å². The van der Waals surface area contributed by atoms with Crippen LogP contribution in [0.2, 0.25) is 0 Å². The van der Waals surface area contributed by atoms with E-state index in [4.69, 9.17) is 5.73 Å². The van der Waals surface area contributed by atoms with E-state index in [1.165, 1.54) is 18.2 Å². The highest BCUT2D eigenvalue weighted by Crippen LogP contribution is 2.27. The molecule has 0 spiro atoms. The predicted molar refractivity (Wildman–Crippen MR) is 95.5 cm³/mol. The van der Waals surface area contributed by atoms with Crippen molar-refractivity contribution in [1.29, 1.82) is 0 Å². The third kappa shape index (κ3) is 4.37. The van der Waals surface area contributed by atoms with Gasteiger partial charge in [0, 0.05) is 32.2 Å². The van der Waals surface area contributed by atoms with Crippen LogP contribution in [-0.2, 0) is 4.79 Å². The monoisotopic (exact) mass is 381 g/mol. The molecule has 2 heterocycles. The van der Waals surface area contributed by atoms with E-state index in [9.17, 15) is 18.4 Å². The number of nitrogens with zero attached hydrogens (tertiary/aromatic N) is 2. The van der Waals surface area contributed by atoms with E-state index >= 15 is 0 Å². The average Bonchev–Trinajstić information content (AvgIpc) is 3.15. The average molecular weight is 381 g/mol. The molecule has 2 fully saturated rings. The van der Waals surface area contributed by atoms with Gasteiger partial charge in [0.1, 0.15) is 5.75 Å². The van der Waals surface area contributed by atoms with E-state index in [1.54, 1.807) is 11.0 Å². The number of nitrogens with two attached hydrogens (primary N) is 1. The number of hydrogen-bond donors (Lipinski definition) is 1. The second-order valence-electron chi connectivity index (χ2n) is 7.03. The fourth-order valence-electron chi connectivity index (χ4n) is 3.98. The lowest BCUT2D eigenvalue weighted by Crippen LogP contribution is -2.49. The van der Waals surface area contributed by atoms with Gasteiger partial charge in [0.15, 0.2) is 0 Å². The van der Waals surface area contributed by atoms with Crippen molar-refractivity contribution >= 4 is 11.8 Å². The van der Waals surface area contributed by atoms with Crippen LogP contribution in [0.25, 0.3) is 0 Å². The summed E-state index contributed by atoms with van der Waals surface area (Å²) in [6, 6.07) is 6.04. The minimum atomic E-state index is -3.00. The summed E-state index contributed by atoms with van der Waals surface area (Å²) in [4.78, 5) is 29.2. The van der Waals surface area contributed by atoms with Crippen LogP contribution in [0.4, 0.5) is 8.78 Å². The first-order valence-corrected chi connectivity index (χ1v) is 9.35. The zero-order chi connectivity index (χ0) is 19.4. The zero-order valence-electron chi connectivity index (χ0n) is 15.2. The Balaban J connectivity index is 1.71. The number of hydrogen-bond acceptors (Lipinski definition) is 4. The van der Waals surface area contributed by atoms with Gasteiger partial charge in [-0.15, -0.1) is 0 Å². The van der Waals surface area contributed by atoms with Gasteiger partial charge in [-0.05, 0) is 37.8 Å². The third-order valence-corrected chi connectivity index (χ3v) is 5.32. The largest absolute Gasteiger partial charge is 0.434 e. The molecule has 3 rings (SSSR count). The van der Waals surface area contributed by atoms with E-state index in [-0.39, 0.29) is 41.6 Å². The van der Waals surface area contributed by atoms with Gasteiger partial charge in [-0.2, -0.15) is 8.78 Å². The van der Waals surface area contributed by atoms with Crippen LogP contribution in [-0.4, -0.2) is 60.4 Å². The van der Waals surface area contributed by atoms with Gasteiger partial charge in [-0.25, -0.2) is 0 Å². The minimum Gasteiger partial charge on any atom is -0.434 e. The second kappa shape index (κ2) is 8.65. The number of benzene rings is 1. The number of amides is 2. The maximum Gasteiger partial charge on any atom is 0.387 e. The Morgan fingerprint density at radius 1 is 1.19 bits per heavy atom. The maximum atomic E-state index is 12.9. The van der Waals surface area contributed by atoms with Gasteiger partial charge in [-0.3, -0.25) is 9.59 Å². The Bertz CT molecular complexity index is 686. The molecule has 0 bridgehead atoms. The summed E-state index contributed by atoms with van der Waals surface area (Å²) in [5.41, 5.74) is 5.86. The van der Waals surface area contributed by atoms with Gasteiger partial charge < -0.3 is 20.3 Å². The molecule has 148 valence electrons. The molecule has 1 aromatic rings. The van der Waals surface area contributed by atoms with E-state index in [2.05, 4.69) is 4.74 Å². The Morgan fingerprint density at radius 2 is 1.93 bits per heavy atom. The van der Waals surface area contributed by atoms with Crippen molar-refractivity contribution in [3.8, 4) is 5.75 Å². The molecule has 8 heteroatoms. The summed E-state index contributed by atoms with van der Waals surface area (Å²) >= 11 is 0. The van der Waals surface area contributed by atoms with Crippen LogP contribution in [0, 0.1) is 5.92 Å². The molecule has 2 atom stereocenters. The molecule has 2 aliphatic rings. The zero-order valence-corrected chi connectivity index (χ0v) is 15.2. The SMILES string of the molecule is NCC1CCCN1C(=O)C1CCCN(C(=O)c2ccccc2OC(F)F)C1. The van der Waals surface area contributed by atoms with Crippen LogP contribution in [0.1, 0.15) is 36.0 Å². The Hall–Kier alpha value is -2.22. The summed E-state index contributed by atoms with van der Waals surface area (Å²) < 4.78 is 29.7. The Morgan fingerprint density at radius 3 is 2.67 bits per heavy atom. The number of ether oxygens (including phenoxy) is 1. The van der Waals surface area contributed by atoms with Gasteiger partial charge in [0.2, 0.25) is 5.91 Å². The molecule has 27 heavy (non-hydrogen) atoms. The fourth-order valence-corrected chi connectivity index (χ4v) is 3.98. The molecule has 0 aromatic heterocycles. The summed E-state index contributed by atoms with van der Waals surface area (Å²) in [7, 11) is 0. The summed E-state index contributed by atoms with van der Waals surface area (Å²) in [5, 5.41) is 0. The highest BCUT2D eigenvalue weighted by atomic mass is 19.3. The Labute approximate surface area is 157 Å². The van der Waals surface area contributed by atoms with Crippen LogP contribution in [0.3, 0.4) is 0 Å². The molecule has 0 radical (unpaired) electrons. The van der Waals surface area contributed by atoms with E-state index in [0.29, 0.717) is 32.5 Å². The lowest BCUT2D eigenvalue weighted by atomic mass is 9.95. The van der Waals surface area contributed by atoms with Gasteiger partial charge >= 0.3 is 6.61 Å². The minimum absolute atomic E-state index is 0.0394. The summed E-state index contributed by atoms with van der Waals surface area (Å²) in [6.45, 7) is -1.08. The molecule has 0 saturated carbocycles. The van der Waals surface area contributed by atoms with Crippen molar-refractivity contribution in [1.82, 2.24) is 9.80 Å². The lowest BCUT2D eigenvalue weighted by molar-refractivity contribution is -0.137. The Kier molecular flexibility index (Phi) is 6.26. The molecule has 6 nitrogen and oxygen atoms in total. The van der Waals surface area contributed by atoms with Crippen LogP contribution >= 0.6 is 0 Å². The molecule has 0 aliphatic carbocycles. The van der Waals surface area contributed by atoms with Crippen molar-refractivity contribution in [2.75, 3.05) is 26.2 Å². The summed E-state index contributed by atoms with van der Waals surface area (Å²) in [5.74, 6) is -0.773. The van der Waals surface area contributed by atoms with Crippen molar-refractivity contribution in [3.05, 3.63) is 29.8 Å². The number of alkyl halides is 2. The molecular formula is C19H25F2N3O3. The standard InChI is InChI=1S/C19H25F2N3O3/c20-19(21)27-16-8-2-1-7-15(16)18(26)23-9-3-5-13(12-23)17(25)24-10-4-6-14(24)11-22/h1-2,7-8,13-14,19H,3-6,9-12,22H2. The van der Waals surface area contributed by atoms with E-state index < -0.39 is 6.61 Å². The normalized spacial score (nSPS) is 23.0. The first-order valence-electron chi connectivity index (χ1n) is 9.35. The first kappa shape index (κ1) is 19.5. The van der Waals surface area contributed by atoms with Crippen molar-refractivity contribution < 1.29 is 23.1 Å². The number of piperidine rings is 1. The van der Waals surface area contributed by atoms with Crippen molar-refractivity contribution in [2.24, 2.45) is 11.7 Å². The molecule has 2 amide bonds. The van der Waals surface area contributed by atoms with Crippen molar-refractivity contribution in [3.63, 3.8) is 0 Å². The van der Waals surface area contributed by atoms with Gasteiger partial charge in [0.25, 0.3) is 5.91 Å². The molecule has 2 aliphatic heterocycles. The number of para-hydroxylation sites is 1. The number of carbonyl (C=O) groups excluding carboxylic acids is 2. The predicted octanol–water partition coefficient (Wildman–Crippen LogP) is 2.09. The molecular weight excluding hydrogens is 356 g/mol. The van der Waals surface area contributed by atoms with Crippen molar-refractivity contribution in [2.45, 2.75) is 38.3 Å². The number of halogens is 2. The molecule has 2 saturated heterocycles. The van der Waals surface area contributed by atoms with Gasteiger partial charge in [-0.1, -0.05) is 12.1 Å². The molecule has 2 N–H and O–H groups in total. The maximum absolute atomic E-state index is 12.9. The number of likely N-dealkylation sites (tertiary alicyclic amines) is 2. The topological polar surface area (TPSA) is 75.9 Å².